The molecule has 4 N–H and O–H groups in total. The first kappa shape index (κ1) is 17.1. The summed E-state index contributed by atoms with van der Waals surface area (Å²) in [6.45, 7) is 0. The van der Waals surface area contributed by atoms with E-state index in [9.17, 15) is 14.4 Å². The Balaban J connectivity index is 1.69. The van der Waals surface area contributed by atoms with Gasteiger partial charge in [-0.25, -0.2) is 0 Å². The second-order valence-corrected chi connectivity index (χ2v) is 5.50. The minimum atomic E-state index is -0.771. The van der Waals surface area contributed by atoms with Gasteiger partial charge in [-0.2, -0.15) is 5.10 Å². The van der Waals surface area contributed by atoms with Crippen molar-refractivity contribution in [3.63, 3.8) is 0 Å². The molecule has 1 atom stereocenters. The zero-order valence-electron chi connectivity index (χ0n) is 13.6. The number of primary amides is 1. The quantitative estimate of drug-likeness (QED) is 0.665. The van der Waals surface area contributed by atoms with Crippen molar-refractivity contribution in [2.75, 3.05) is 5.01 Å². The van der Waals surface area contributed by atoms with Crippen LogP contribution in [0.4, 0.5) is 5.69 Å². The Hall–Kier alpha value is -3.75. The number of carbonyl (C=O) groups is 3. The predicted octanol–water partition coefficient (Wildman–Crippen LogP) is -0.0372. The number of nitrogens with one attached hydrogen (secondary N) is 2. The number of amides is 3. The van der Waals surface area contributed by atoms with Crippen molar-refractivity contribution in [1.29, 1.82) is 0 Å². The molecule has 1 aromatic carbocycles. The molecule has 132 valence electrons. The zero-order valence-corrected chi connectivity index (χ0v) is 13.6. The Bertz CT molecular complexity index is 853. The number of anilines is 1. The third kappa shape index (κ3) is 3.66. The van der Waals surface area contributed by atoms with Crippen molar-refractivity contribution < 1.29 is 14.4 Å². The molecule has 0 saturated carbocycles. The highest BCUT2D eigenvalue weighted by molar-refractivity contribution is 6.40. The number of nitrogens with zero attached hydrogens (tertiary/aromatic N) is 3. The van der Waals surface area contributed by atoms with E-state index < -0.39 is 23.8 Å². The Morgan fingerprint density at radius 3 is 2.42 bits per heavy atom. The maximum Gasteiger partial charge on any atom is 0.285 e. The van der Waals surface area contributed by atoms with Crippen LogP contribution in [0.1, 0.15) is 16.8 Å². The fraction of sp³-hybridized carbons (Fsp3) is 0.118. The van der Waals surface area contributed by atoms with Crippen LogP contribution in [0.5, 0.6) is 0 Å². The second-order valence-electron chi connectivity index (χ2n) is 5.50. The lowest BCUT2D eigenvalue weighted by atomic mass is 10.1. The summed E-state index contributed by atoms with van der Waals surface area (Å²) in [6, 6.07) is 11.3. The molecular formula is C17H16N6O3. The van der Waals surface area contributed by atoms with Gasteiger partial charge in [0.15, 0.2) is 0 Å². The van der Waals surface area contributed by atoms with Crippen LogP contribution in [-0.2, 0) is 9.59 Å². The van der Waals surface area contributed by atoms with E-state index in [1.807, 2.05) is 6.07 Å². The number of carbonyl (C=O) groups excluding carboxylic acids is 3. The summed E-state index contributed by atoms with van der Waals surface area (Å²) in [5.74, 6) is -1.73. The standard InChI is InChI=1S/C17H16N6O3/c18-15(24)14-9-13(22-23(14)12-6-2-1-3-7-12)17(26)21-20-16(25)11-5-4-8-19-10-11/h1-8,10,14H,9H2,(H2,18,24)(H,20,25)(H,21,26). The lowest BCUT2D eigenvalue weighted by Crippen LogP contribution is -2.45. The Labute approximate surface area is 148 Å². The summed E-state index contributed by atoms with van der Waals surface area (Å²) in [4.78, 5) is 39.7. The van der Waals surface area contributed by atoms with E-state index in [0.717, 1.165) is 0 Å². The van der Waals surface area contributed by atoms with Crippen molar-refractivity contribution in [2.24, 2.45) is 10.8 Å². The fourth-order valence-corrected chi connectivity index (χ4v) is 2.44. The lowest BCUT2D eigenvalue weighted by Gasteiger charge is -2.20. The molecule has 9 heteroatoms. The molecule has 3 amide bonds. The molecule has 3 rings (SSSR count). The molecular weight excluding hydrogens is 336 g/mol. The maximum absolute atomic E-state index is 12.3. The molecule has 2 heterocycles. The summed E-state index contributed by atoms with van der Waals surface area (Å²) in [5.41, 5.74) is 11.0. The molecule has 1 aliphatic rings. The van der Waals surface area contributed by atoms with Gasteiger partial charge in [-0.1, -0.05) is 18.2 Å². The number of hydrazone groups is 1. The number of pyridine rings is 1. The van der Waals surface area contributed by atoms with Crippen molar-refractivity contribution in [2.45, 2.75) is 12.5 Å². The zero-order chi connectivity index (χ0) is 18.5. The molecule has 1 unspecified atom stereocenters. The lowest BCUT2D eigenvalue weighted by molar-refractivity contribution is -0.119. The van der Waals surface area contributed by atoms with Crippen LogP contribution in [-0.4, -0.2) is 34.5 Å². The average molecular weight is 352 g/mol. The van der Waals surface area contributed by atoms with Crippen molar-refractivity contribution in [3.8, 4) is 0 Å². The predicted molar refractivity (Wildman–Crippen MR) is 93.8 cm³/mol. The number of hydrazine groups is 1. The summed E-state index contributed by atoms with van der Waals surface area (Å²) < 4.78 is 0. The molecule has 0 saturated heterocycles. The highest BCUT2D eigenvalue weighted by atomic mass is 16.2. The summed E-state index contributed by atoms with van der Waals surface area (Å²) >= 11 is 0. The van der Waals surface area contributed by atoms with Gasteiger partial charge in [0.05, 0.1) is 11.3 Å². The van der Waals surface area contributed by atoms with Crippen LogP contribution in [0.2, 0.25) is 0 Å². The molecule has 0 aliphatic carbocycles. The molecule has 9 nitrogen and oxygen atoms in total. The first-order valence-corrected chi connectivity index (χ1v) is 7.78. The minimum Gasteiger partial charge on any atom is -0.368 e. The second kappa shape index (κ2) is 7.43. The smallest absolute Gasteiger partial charge is 0.285 e. The average Bonchev–Trinajstić information content (AvgIpc) is 3.13. The van der Waals surface area contributed by atoms with Gasteiger partial charge in [-0.3, -0.25) is 35.2 Å². The van der Waals surface area contributed by atoms with Gasteiger partial charge >= 0.3 is 0 Å². The van der Waals surface area contributed by atoms with Crippen LogP contribution in [0.25, 0.3) is 0 Å². The van der Waals surface area contributed by atoms with E-state index in [1.165, 1.54) is 17.4 Å². The molecule has 0 radical (unpaired) electrons. The van der Waals surface area contributed by atoms with Crippen LogP contribution in [0, 0.1) is 0 Å². The third-order valence-corrected chi connectivity index (χ3v) is 3.73. The van der Waals surface area contributed by atoms with Crippen molar-refractivity contribution in [3.05, 3.63) is 60.4 Å². The van der Waals surface area contributed by atoms with Crippen LogP contribution < -0.4 is 21.6 Å². The Morgan fingerprint density at radius 2 is 1.77 bits per heavy atom. The van der Waals surface area contributed by atoms with Gasteiger partial charge in [0.1, 0.15) is 11.8 Å². The number of para-hydroxylation sites is 1. The van der Waals surface area contributed by atoms with E-state index in [0.29, 0.717) is 11.3 Å². The van der Waals surface area contributed by atoms with Gasteiger partial charge < -0.3 is 5.73 Å². The van der Waals surface area contributed by atoms with E-state index in [1.54, 1.807) is 36.4 Å². The van der Waals surface area contributed by atoms with Crippen molar-refractivity contribution >= 4 is 29.1 Å². The number of benzene rings is 1. The molecule has 2 aromatic rings. The normalized spacial score (nSPS) is 15.9. The summed E-state index contributed by atoms with van der Waals surface area (Å²) in [7, 11) is 0. The summed E-state index contributed by atoms with van der Waals surface area (Å²) in [6.07, 6.45) is 2.94. The maximum atomic E-state index is 12.3. The van der Waals surface area contributed by atoms with Crippen LogP contribution >= 0.6 is 0 Å². The number of rotatable bonds is 4. The molecule has 0 fully saturated rings. The first-order chi connectivity index (χ1) is 12.6. The van der Waals surface area contributed by atoms with Crippen molar-refractivity contribution in [1.82, 2.24) is 15.8 Å². The number of aromatic nitrogens is 1. The topological polar surface area (TPSA) is 130 Å². The highest BCUT2D eigenvalue weighted by Gasteiger charge is 2.35. The third-order valence-electron chi connectivity index (χ3n) is 3.73. The monoisotopic (exact) mass is 352 g/mol. The van der Waals surface area contributed by atoms with Gasteiger partial charge in [-0.15, -0.1) is 0 Å². The van der Waals surface area contributed by atoms with Gasteiger partial charge in [-0.05, 0) is 24.3 Å². The summed E-state index contributed by atoms with van der Waals surface area (Å²) in [5, 5.41) is 5.59. The van der Waals surface area contributed by atoms with E-state index >= 15 is 0 Å². The molecule has 1 aliphatic heterocycles. The largest absolute Gasteiger partial charge is 0.368 e. The number of hydrogen-bond donors (Lipinski definition) is 3. The number of nitrogens with two attached hydrogens (primary N) is 1. The molecule has 1 aromatic heterocycles. The van der Waals surface area contributed by atoms with E-state index in [4.69, 9.17) is 5.73 Å². The van der Waals surface area contributed by atoms with Gasteiger partial charge in [0, 0.05) is 18.8 Å². The Morgan fingerprint density at radius 1 is 1.04 bits per heavy atom. The van der Waals surface area contributed by atoms with E-state index in [-0.39, 0.29) is 12.1 Å². The molecule has 0 spiro atoms. The molecule has 26 heavy (non-hydrogen) atoms. The number of hydrogen-bond acceptors (Lipinski definition) is 6. The fourth-order valence-electron chi connectivity index (χ4n) is 2.44. The van der Waals surface area contributed by atoms with Gasteiger partial charge in [0.25, 0.3) is 11.8 Å². The minimum absolute atomic E-state index is 0.0405. The highest BCUT2D eigenvalue weighted by Crippen LogP contribution is 2.24. The first-order valence-electron chi connectivity index (χ1n) is 7.78. The van der Waals surface area contributed by atoms with Crippen LogP contribution in [0.15, 0.2) is 60.0 Å². The van der Waals surface area contributed by atoms with E-state index in [2.05, 4.69) is 20.9 Å². The van der Waals surface area contributed by atoms with Gasteiger partial charge in [0.2, 0.25) is 5.91 Å². The molecule has 0 bridgehead atoms. The van der Waals surface area contributed by atoms with Crippen LogP contribution in [0.3, 0.4) is 0 Å². The Kier molecular flexibility index (Phi) is 4.88. The SMILES string of the molecule is NC(=O)C1CC(C(=O)NNC(=O)c2cccnc2)=NN1c1ccccc1.